The van der Waals surface area contributed by atoms with Crippen molar-refractivity contribution < 1.29 is 14.3 Å². The Labute approximate surface area is 98.5 Å². The van der Waals surface area contributed by atoms with Gasteiger partial charge in [-0.3, -0.25) is 4.79 Å². The average molecular weight is 240 g/mol. The molecule has 0 aliphatic heterocycles. The van der Waals surface area contributed by atoms with E-state index in [-0.39, 0.29) is 12.4 Å². The van der Waals surface area contributed by atoms with Gasteiger partial charge < -0.3 is 9.47 Å². The van der Waals surface area contributed by atoms with Gasteiger partial charge in [0.25, 0.3) is 0 Å². The highest BCUT2D eigenvalue weighted by atomic mass is 35.5. The van der Waals surface area contributed by atoms with Crippen molar-refractivity contribution in [1.29, 1.82) is 0 Å². The quantitative estimate of drug-likeness (QED) is 0.582. The molecule has 1 heterocycles. The van der Waals surface area contributed by atoms with E-state index >= 15 is 0 Å². The maximum atomic E-state index is 10.8. The van der Waals surface area contributed by atoms with Gasteiger partial charge >= 0.3 is 5.97 Å². The van der Waals surface area contributed by atoms with E-state index in [1.165, 1.54) is 20.4 Å². The monoisotopic (exact) mass is 239 g/mol. The summed E-state index contributed by atoms with van der Waals surface area (Å²) in [6.45, 7) is 0. The van der Waals surface area contributed by atoms with E-state index < -0.39 is 0 Å². The fraction of sp³-hybridized carbons (Fsp3) is 0.273. The second-order valence-electron chi connectivity index (χ2n) is 2.77. The van der Waals surface area contributed by atoms with Crippen molar-refractivity contribution in [2.75, 3.05) is 14.2 Å². The first kappa shape index (κ1) is 12.3. The number of pyridine rings is 1. The van der Waals surface area contributed by atoms with Crippen LogP contribution in [0.1, 0.15) is 12.0 Å². The maximum Gasteiger partial charge on any atom is 0.317 e. The molecule has 1 aromatic heterocycles. The van der Waals surface area contributed by atoms with Gasteiger partial charge in [0.2, 0.25) is 5.88 Å². The Balaban J connectivity index is 2.86. The van der Waals surface area contributed by atoms with E-state index in [9.17, 15) is 4.79 Å². The van der Waals surface area contributed by atoms with Crippen molar-refractivity contribution >= 4 is 17.6 Å². The van der Waals surface area contributed by atoms with Crippen LogP contribution in [0.25, 0.3) is 0 Å². The molecule has 84 valence electrons. The van der Waals surface area contributed by atoms with Crippen LogP contribution in [-0.4, -0.2) is 25.2 Å². The molecule has 0 fully saturated rings. The summed E-state index contributed by atoms with van der Waals surface area (Å²) in [5.74, 6) is 5.39. The SMILES string of the molecule is COC(=O)CC#Cc1cc(Cl)cnc1OC. The van der Waals surface area contributed by atoms with Crippen LogP contribution in [-0.2, 0) is 9.53 Å². The maximum absolute atomic E-state index is 10.8. The lowest BCUT2D eigenvalue weighted by atomic mass is 10.2. The van der Waals surface area contributed by atoms with E-state index in [1.54, 1.807) is 6.07 Å². The predicted molar refractivity (Wildman–Crippen MR) is 59.3 cm³/mol. The van der Waals surface area contributed by atoms with E-state index in [4.69, 9.17) is 16.3 Å². The minimum Gasteiger partial charge on any atom is -0.480 e. The third-order valence-electron chi connectivity index (χ3n) is 1.69. The molecule has 1 rings (SSSR count). The molecule has 4 nitrogen and oxygen atoms in total. The van der Waals surface area contributed by atoms with Crippen molar-refractivity contribution in [2.45, 2.75) is 6.42 Å². The van der Waals surface area contributed by atoms with Crippen molar-refractivity contribution in [1.82, 2.24) is 4.98 Å². The normalized spacial score (nSPS) is 8.94. The van der Waals surface area contributed by atoms with Crippen molar-refractivity contribution in [3.63, 3.8) is 0 Å². The van der Waals surface area contributed by atoms with Gasteiger partial charge in [-0.15, -0.1) is 0 Å². The number of carbonyl (C=O) groups excluding carboxylic acids is 1. The summed E-state index contributed by atoms with van der Waals surface area (Å²) in [6.07, 6.45) is 1.48. The Morgan fingerprint density at radius 2 is 2.31 bits per heavy atom. The Morgan fingerprint density at radius 3 is 2.94 bits per heavy atom. The van der Waals surface area contributed by atoms with E-state index in [0.29, 0.717) is 16.5 Å². The molecular formula is C11H10ClNO3. The number of methoxy groups -OCH3 is 2. The van der Waals surface area contributed by atoms with Crippen LogP contribution >= 0.6 is 11.6 Å². The summed E-state index contributed by atoms with van der Waals surface area (Å²) in [4.78, 5) is 14.8. The summed E-state index contributed by atoms with van der Waals surface area (Å²) in [6, 6.07) is 1.62. The van der Waals surface area contributed by atoms with Gasteiger partial charge in [0.1, 0.15) is 6.42 Å². The standard InChI is InChI=1S/C11H10ClNO3/c1-15-10(14)5-3-4-8-6-9(12)7-13-11(8)16-2/h6-7H,5H2,1-2H3. The number of halogens is 1. The van der Waals surface area contributed by atoms with Crippen LogP contribution in [0.15, 0.2) is 12.3 Å². The van der Waals surface area contributed by atoms with Gasteiger partial charge in [-0.2, -0.15) is 0 Å². The van der Waals surface area contributed by atoms with Gasteiger partial charge in [-0.1, -0.05) is 23.4 Å². The summed E-state index contributed by atoms with van der Waals surface area (Å²) in [5, 5.41) is 0.461. The van der Waals surface area contributed by atoms with Crippen molar-refractivity contribution in [3.8, 4) is 17.7 Å². The van der Waals surface area contributed by atoms with E-state index in [2.05, 4.69) is 21.6 Å². The molecule has 0 N–H and O–H groups in total. The number of carbonyl (C=O) groups is 1. The number of rotatable bonds is 2. The molecule has 0 aliphatic carbocycles. The number of aromatic nitrogens is 1. The second-order valence-corrected chi connectivity index (χ2v) is 3.20. The first-order valence-electron chi connectivity index (χ1n) is 4.42. The molecule has 5 heteroatoms. The Kier molecular flexibility index (Phi) is 4.62. The van der Waals surface area contributed by atoms with Crippen LogP contribution in [0.3, 0.4) is 0 Å². The molecule has 0 aromatic carbocycles. The third kappa shape index (κ3) is 3.44. The zero-order valence-electron chi connectivity index (χ0n) is 8.91. The largest absolute Gasteiger partial charge is 0.480 e. The first-order chi connectivity index (χ1) is 7.67. The highest BCUT2D eigenvalue weighted by Crippen LogP contribution is 2.17. The Bertz CT molecular complexity index is 448. The lowest BCUT2D eigenvalue weighted by Gasteiger charge is -2.01. The van der Waals surface area contributed by atoms with Crippen LogP contribution in [0.5, 0.6) is 5.88 Å². The number of ether oxygens (including phenoxy) is 2. The smallest absolute Gasteiger partial charge is 0.317 e. The van der Waals surface area contributed by atoms with Crippen LogP contribution in [0.4, 0.5) is 0 Å². The number of hydrogen-bond donors (Lipinski definition) is 0. The van der Waals surface area contributed by atoms with Crippen molar-refractivity contribution in [2.24, 2.45) is 0 Å². The molecule has 0 bridgehead atoms. The molecule has 0 spiro atoms. The van der Waals surface area contributed by atoms with Gasteiger partial charge in [-0.05, 0) is 6.07 Å². The van der Waals surface area contributed by atoms with Gasteiger partial charge in [0.05, 0.1) is 24.8 Å². The van der Waals surface area contributed by atoms with Gasteiger partial charge in [0, 0.05) is 6.20 Å². The number of nitrogens with zero attached hydrogens (tertiary/aromatic N) is 1. The lowest BCUT2D eigenvalue weighted by Crippen LogP contribution is -1.97. The molecule has 0 radical (unpaired) electrons. The fourth-order valence-electron chi connectivity index (χ4n) is 0.963. The summed E-state index contributed by atoms with van der Waals surface area (Å²) in [5.41, 5.74) is 0.541. The second kappa shape index (κ2) is 5.99. The number of hydrogen-bond acceptors (Lipinski definition) is 4. The summed E-state index contributed by atoms with van der Waals surface area (Å²) in [7, 11) is 2.80. The average Bonchev–Trinajstić information content (AvgIpc) is 2.29. The molecule has 1 aromatic rings. The summed E-state index contributed by atoms with van der Waals surface area (Å²) >= 11 is 5.77. The minimum atomic E-state index is -0.388. The minimum absolute atomic E-state index is 0.0200. The van der Waals surface area contributed by atoms with Crippen molar-refractivity contribution in [3.05, 3.63) is 22.8 Å². The molecule has 0 saturated heterocycles. The predicted octanol–water partition coefficient (Wildman–Crippen LogP) is 1.66. The first-order valence-corrected chi connectivity index (χ1v) is 4.80. The zero-order chi connectivity index (χ0) is 12.0. The molecule has 16 heavy (non-hydrogen) atoms. The van der Waals surface area contributed by atoms with Gasteiger partial charge in [0.15, 0.2) is 0 Å². The third-order valence-corrected chi connectivity index (χ3v) is 1.90. The van der Waals surface area contributed by atoms with E-state index in [1.807, 2.05) is 0 Å². The van der Waals surface area contributed by atoms with Crippen LogP contribution < -0.4 is 4.74 Å². The number of esters is 1. The van der Waals surface area contributed by atoms with Gasteiger partial charge in [-0.25, -0.2) is 4.98 Å². The fourth-order valence-corrected chi connectivity index (χ4v) is 1.12. The molecule has 0 amide bonds. The lowest BCUT2D eigenvalue weighted by molar-refractivity contribution is -0.139. The summed E-state index contributed by atoms with van der Waals surface area (Å²) < 4.78 is 9.45. The van der Waals surface area contributed by atoms with Crippen LogP contribution in [0, 0.1) is 11.8 Å². The highest BCUT2D eigenvalue weighted by molar-refractivity contribution is 6.30. The molecule has 0 unspecified atom stereocenters. The molecule has 0 saturated carbocycles. The topological polar surface area (TPSA) is 48.4 Å². The molecule has 0 atom stereocenters. The Morgan fingerprint density at radius 1 is 1.56 bits per heavy atom. The van der Waals surface area contributed by atoms with E-state index in [0.717, 1.165) is 0 Å². The zero-order valence-corrected chi connectivity index (χ0v) is 9.67. The molecule has 0 aliphatic rings. The molecular weight excluding hydrogens is 230 g/mol. The Hall–Kier alpha value is -1.73. The van der Waals surface area contributed by atoms with Crippen LogP contribution in [0.2, 0.25) is 5.02 Å². The highest BCUT2D eigenvalue weighted by Gasteiger charge is 2.02.